The fourth-order valence-corrected chi connectivity index (χ4v) is 4.46. The molecule has 1 amide bonds. The first-order valence-corrected chi connectivity index (χ1v) is 12.0. The molecule has 0 rings (SSSR count). The smallest absolute Gasteiger partial charge is 0.267 e. The number of Topliss-reactive ketones (excluding diaryl/α,β-unsaturated/α-hetero) is 1. The fourth-order valence-electron chi connectivity index (χ4n) is 3.46. The molecule has 0 saturated heterocycles. The summed E-state index contributed by atoms with van der Waals surface area (Å²) in [6, 6.07) is 0. The average Bonchev–Trinajstić information content (AvgIpc) is 2.54. The molecule has 0 aliphatic carbocycles. The molecule has 0 aromatic carbocycles. The van der Waals surface area contributed by atoms with Crippen LogP contribution in [0.25, 0.3) is 0 Å². The van der Waals surface area contributed by atoms with E-state index in [9.17, 15) is 22.6 Å². The molecule has 0 radical (unpaired) electrons. The lowest BCUT2D eigenvalue weighted by atomic mass is 10.1. The van der Waals surface area contributed by atoms with Gasteiger partial charge in [0, 0.05) is 26.3 Å². The molecule has 0 aliphatic heterocycles. The topological polar surface area (TPSA) is 101 Å². The van der Waals surface area contributed by atoms with Crippen molar-refractivity contribution in [2.75, 3.05) is 33.7 Å². The van der Waals surface area contributed by atoms with E-state index in [-0.39, 0.29) is 11.7 Å². The molecule has 0 heterocycles. The van der Waals surface area contributed by atoms with Crippen LogP contribution in [0, 0.1) is 0 Å². The molecular formula is C20H41N2O5S+. The van der Waals surface area contributed by atoms with Crippen molar-refractivity contribution >= 4 is 21.8 Å². The van der Waals surface area contributed by atoms with Gasteiger partial charge in [0.05, 0.1) is 25.9 Å². The molecule has 7 nitrogen and oxygen atoms in total. The maximum Gasteiger partial charge on any atom is 0.267 e. The Kier molecular flexibility index (Phi) is 13.6. The summed E-state index contributed by atoms with van der Waals surface area (Å²) < 4.78 is 32.4. The van der Waals surface area contributed by atoms with Crippen LogP contribution in [-0.4, -0.2) is 68.1 Å². The molecule has 0 aromatic heterocycles. The Morgan fingerprint density at radius 2 is 1.61 bits per heavy atom. The second-order valence-electron chi connectivity index (χ2n) is 8.46. The minimum absolute atomic E-state index is 0.0613. The number of ketones is 1. The summed E-state index contributed by atoms with van der Waals surface area (Å²) in [6.07, 6.45) is 7.55. The minimum Gasteiger partial charge on any atom is -0.356 e. The van der Waals surface area contributed by atoms with Crippen molar-refractivity contribution in [3.8, 4) is 0 Å². The average molecular weight is 422 g/mol. The van der Waals surface area contributed by atoms with Gasteiger partial charge in [-0.1, -0.05) is 39.0 Å². The van der Waals surface area contributed by atoms with Crippen molar-refractivity contribution in [3.05, 3.63) is 0 Å². The Bertz CT molecular complexity index is 561. The number of carbonyl (C=O) groups excluding carboxylic acids is 2. The molecule has 0 aromatic rings. The van der Waals surface area contributed by atoms with Gasteiger partial charge in [-0.3, -0.25) is 14.1 Å². The van der Waals surface area contributed by atoms with Crippen LogP contribution in [0.4, 0.5) is 0 Å². The first-order chi connectivity index (χ1) is 13.0. The number of nitrogens with one attached hydrogen (secondary N) is 1. The van der Waals surface area contributed by atoms with E-state index in [1.54, 1.807) is 6.92 Å². The highest BCUT2D eigenvalue weighted by Gasteiger charge is 2.21. The number of unbranched alkanes of at least 4 members (excludes halogenated alkanes) is 4. The highest BCUT2D eigenvalue weighted by Crippen LogP contribution is 2.16. The summed E-state index contributed by atoms with van der Waals surface area (Å²) in [5.41, 5.74) is 0. The van der Waals surface area contributed by atoms with Gasteiger partial charge < -0.3 is 9.80 Å². The second-order valence-corrected chi connectivity index (χ2v) is 10.2. The Labute approximate surface area is 171 Å². The van der Waals surface area contributed by atoms with E-state index >= 15 is 0 Å². The molecule has 1 atom stereocenters. The lowest BCUT2D eigenvalue weighted by molar-refractivity contribution is -0.882. The van der Waals surface area contributed by atoms with Crippen LogP contribution in [0.2, 0.25) is 0 Å². The zero-order valence-electron chi connectivity index (χ0n) is 18.2. The van der Waals surface area contributed by atoms with Crippen LogP contribution in [0.1, 0.15) is 78.1 Å². The molecule has 166 valence electrons. The van der Waals surface area contributed by atoms with E-state index in [1.807, 2.05) is 21.0 Å². The lowest BCUT2D eigenvalue weighted by Crippen LogP contribution is -2.44. The molecular weight excluding hydrogens is 380 g/mol. The molecule has 28 heavy (non-hydrogen) atoms. The van der Waals surface area contributed by atoms with Crippen LogP contribution in [0.15, 0.2) is 0 Å². The first kappa shape index (κ1) is 27.0. The zero-order chi connectivity index (χ0) is 21.6. The van der Waals surface area contributed by atoms with Gasteiger partial charge in [0.2, 0.25) is 5.91 Å². The molecule has 0 spiro atoms. The third-order valence-corrected chi connectivity index (χ3v) is 6.19. The van der Waals surface area contributed by atoms with Gasteiger partial charge >= 0.3 is 0 Å². The van der Waals surface area contributed by atoms with Crippen LogP contribution >= 0.6 is 0 Å². The summed E-state index contributed by atoms with van der Waals surface area (Å²) >= 11 is 0. The van der Waals surface area contributed by atoms with Crippen molar-refractivity contribution in [2.45, 2.75) is 83.3 Å². The van der Waals surface area contributed by atoms with Crippen molar-refractivity contribution in [2.24, 2.45) is 0 Å². The van der Waals surface area contributed by atoms with E-state index < -0.39 is 15.4 Å². The normalized spacial score (nSPS) is 13.3. The molecule has 0 aliphatic rings. The molecule has 0 fully saturated rings. The Balaban J connectivity index is 3.71. The van der Waals surface area contributed by atoms with E-state index in [1.165, 1.54) is 0 Å². The summed E-state index contributed by atoms with van der Waals surface area (Å²) in [6.45, 7) is 5.50. The molecule has 2 N–H and O–H groups in total. The lowest BCUT2D eigenvalue weighted by Gasteiger charge is -2.28. The summed E-state index contributed by atoms with van der Waals surface area (Å²) in [4.78, 5) is 23.0. The van der Waals surface area contributed by atoms with Crippen molar-refractivity contribution in [3.63, 3.8) is 0 Å². The van der Waals surface area contributed by atoms with Gasteiger partial charge in [-0.2, -0.15) is 8.42 Å². The van der Waals surface area contributed by atoms with Gasteiger partial charge in [0.25, 0.3) is 10.1 Å². The van der Waals surface area contributed by atoms with Crippen LogP contribution in [0.5, 0.6) is 0 Å². The summed E-state index contributed by atoms with van der Waals surface area (Å²) in [5.74, 6) is 0.235. The largest absolute Gasteiger partial charge is 0.356 e. The number of quaternary nitrogens is 1. The maximum absolute atomic E-state index is 11.8. The van der Waals surface area contributed by atoms with Crippen molar-refractivity contribution in [1.82, 2.24) is 5.32 Å². The number of hydrogen-bond donors (Lipinski definition) is 2. The van der Waals surface area contributed by atoms with E-state index in [0.717, 1.165) is 51.5 Å². The van der Waals surface area contributed by atoms with Gasteiger partial charge in [-0.25, -0.2) is 0 Å². The standard InChI is InChI=1S/C20H40N2O5S/c1-5-12-19(28(25,26)27)13-9-7-6-8-10-14-20(24)21-15-11-16-22(3,4)17-18(2)23/h19H,5-17H2,1-4H3,(H-,21,24,25,26,27)/p+1. The molecule has 8 heteroatoms. The third kappa shape index (κ3) is 15.0. The van der Waals surface area contributed by atoms with Crippen molar-refractivity contribution in [1.29, 1.82) is 0 Å². The Hall–Kier alpha value is -0.990. The number of likely N-dealkylation sites (N-methyl/N-ethyl adjacent to an activating group) is 1. The Morgan fingerprint density at radius 1 is 1.00 bits per heavy atom. The predicted octanol–water partition coefficient (Wildman–Crippen LogP) is 2.95. The highest BCUT2D eigenvalue weighted by molar-refractivity contribution is 7.86. The van der Waals surface area contributed by atoms with E-state index in [4.69, 9.17) is 0 Å². The van der Waals surface area contributed by atoms with Gasteiger partial charge in [0.15, 0.2) is 5.78 Å². The minimum atomic E-state index is -3.93. The highest BCUT2D eigenvalue weighted by atomic mass is 32.2. The van der Waals surface area contributed by atoms with E-state index in [2.05, 4.69) is 5.32 Å². The zero-order valence-corrected chi connectivity index (χ0v) is 19.0. The quantitative estimate of drug-likeness (QED) is 0.214. The number of nitrogens with zero attached hydrogens (tertiary/aromatic N) is 1. The predicted molar refractivity (Wildman–Crippen MR) is 113 cm³/mol. The van der Waals surface area contributed by atoms with Gasteiger partial charge in [-0.15, -0.1) is 0 Å². The van der Waals surface area contributed by atoms with Crippen LogP contribution in [-0.2, 0) is 19.7 Å². The molecule has 0 bridgehead atoms. The SMILES string of the molecule is CCCC(CCCCCCCC(=O)NCCC[N+](C)(C)CC(C)=O)S(=O)(=O)O. The number of rotatable bonds is 17. The van der Waals surface area contributed by atoms with E-state index in [0.29, 0.717) is 36.8 Å². The molecule has 0 saturated carbocycles. The number of amides is 1. The Morgan fingerprint density at radius 3 is 2.18 bits per heavy atom. The van der Waals surface area contributed by atoms with Gasteiger partial charge in [-0.05, 0) is 19.3 Å². The maximum atomic E-state index is 11.8. The second kappa shape index (κ2) is 14.1. The van der Waals surface area contributed by atoms with Crippen molar-refractivity contribution < 1.29 is 27.0 Å². The summed E-state index contributed by atoms with van der Waals surface area (Å²) in [5, 5.41) is 2.29. The van der Waals surface area contributed by atoms with Gasteiger partial charge in [0.1, 0.15) is 6.54 Å². The third-order valence-electron chi connectivity index (χ3n) is 4.87. The monoisotopic (exact) mass is 421 g/mol. The van der Waals surface area contributed by atoms with Crippen LogP contribution in [0.3, 0.4) is 0 Å². The molecule has 1 unspecified atom stereocenters. The number of carbonyl (C=O) groups is 2. The van der Waals surface area contributed by atoms with Crippen LogP contribution < -0.4 is 5.32 Å². The summed E-state index contributed by atoms with van der Waals surface area (Å²) in [7, 11) is 0.102. The first-order valence-electron chi connectivity index (χ1n) is 10.5. The fraction of sp³-hybridized carbons (Fsp3) is 0.900. The number of hydrogen-bond acceptors (Lipinski definition) is 4.